The molecule has 3 fully saturated rings. The number of hydrogen-bond donors (Lipinski definition) is 5. The van der Waals surface area contributed by atoms with Crippen LogP contribution in [0, 0.1) is 16.7 Å². The van der Waals surface area contributed by atoms with Crippen molar-refractivity contribution in [1.29, 1.82) is 0 Å². The Morgan fingerprint density at radius 1 is 0.983 bits per heavy atom. The third kappa shape index (κ3) is 7.34. The summed E-state index contributed by atoms with van der Waals surface area (Å²) in [4.78, 5) is 69.2. The van der Waals surface area contributed by atoms with Crippen molar-refractivity contribution in [2.45, 2.75) is 134 Å². The van der Waals surface area contributed by atoms with E-state index in [1.807, 2.05) is 6.92 Å². The number of nitrogens with one attached hydrogen (secondary N) is 1. The second-order valence-electron chi connectivity index (χ2n) is 17.6. The average Bonchev–Trinajstić information content (AvgIpc) is 3.18. The summed E-state index contributed by atoms with van der Waals surface area (Å²) in [6.45, 7) is 12.1. The van der Waals surface area contributed by atoms with E-state index in [2.05, 4.69) is 5.32 Å². The summed E-state index contributed by atoms with van der Waals surface area (Å²) < 4.78 is 29.7. The zero-order chi connectivity index (χ0) is 43.5. The highest BCUT2D eigenvalue weighted by Gasteiger charge is 2.78. The van der Waals surface area contributed by atoms with Gasteiger partial charge in [-0.15, -0.1) is 0 Å². The molecule has 6 rings (SSSR count). The summed E-state index contributed by atoms with van der Waals surface area (Å²) in [7, 11) is 0. The summed E-state index contributed by atoms with van der Waals surface area (Å²) in [5.41, 5.74) is -8.09. The lowest BCUT2D eigenvalue weighted by molar-refractivity contribution is -0.346. The van der Waals surface area contributed by atoms with Crippen molar-refractivity contribution in [2.24, 2.45) is 16.7 Å². The van der Waals surface area contributed by atoms with E-state index in [4.69, 9.17) is 23.7 Å². The van der Waals surface area contributed by atoms with Crippen LogP contribution in [0.3, 0.4) is 0 Å². The molecule has 2 saturated carbocycles. The number of amides is 1. The van der Waals surface area contributed by atoms with Gasteiger partial charge in [0, 0.05) is 25.2 Å². The number of carbonyl (C=O) groups excluding carboxylic acids is 5. The molecule has 0 radical (unpaired) electrons. The van der Waals surface area contributed by atoms with Crippen molar-refractivity contribution in [3.05, 3.63) is 82.9 Å². The first-order valence-corrected chi connectivity index (χ1v) is 19.9. The van der Waals surface area contributed by atoms with Crippen LogP contribution in [-0.4, -0.2) is 110 Å². The number of Topliss-reactive ketones (excluding diaryl/α,β-unsaturated/α-hetero) is 1. The van der Waals surface area contributed by atoms with E-state index in [1.165, 1.54) is 26.0 Å². The van der Waals surface area contributed by atoms with E-state index in [0.29, 0.717) is 12.0 Å². The smallest absolute Gasteiger partial charge is 0.408 e. The van der Waals surface area contributed by atoms with Crippen LogP contribution in [0.4, 0.5) is 4.79 Å². The van der Waals surface area contributed by atoms with Crippen LogP contribution >= 0.6 is 0 Å². The number of esters is 3. The minimum absolute atomic E-state index is 0.0622. The van der Waals surface area contributed by atoms with E-state index in [-0.39, 0.29) is 29.7 Å². The number of hydrogen-bond acceptors (Lipinski definition) is 14. The molecule has 2 aromatic carbocycles. The lowest BCUT2D eigenvalue weighted by Gasteiger charge is -2.67. The van der Waals surface area contributed by atoms with Crippen molar-refractivity contribution < 1.29 is 68.1 Å². The average molecular weight is 822 g/mol. The number of fused-ring (bicyclic) bond motifs is 5. The maximum absolute atomic E-state index is 15.0. The molecule has 0 spiro atoms. The van der Waals surface area contributed by atoms with Gasteiger partial charge in [-0.05, 0) is 63.0 Å². The number of ether oxygens (including phenoxy) is 5. The van der Waals surface area contributed by atoms with Crippen LogP contribution in [0.1, 0.15) is 96.6 Å². The zero-order valence-electron chi connectivity index (χ0n) is 34.6. The van der Waals surface area contributed by atoms with Gasteiger partial charge in [-0.2, -0.15) is 0 Å². The van der Waals surface area contributed by atoms with Crippen LogP contribution in [0.2, 0.25) is 0 Å². The standard InChI is InChI=1S/C44H55NO14/c1-9-40(4,5)59-39(53)45-31(25-16-12-10-13-17-25)33(49)38(52)56-27-21-44(54)36(57-37(51)26-18-14-11-15-19-26)34-42(8,35(50)32(48)30(23(27)2)41(44,6)7)28(47)20-29-43(34,22-55-29)58-24(3)46/h10-19,27-29,31-34,36,47-49,54H,9,20-22H2,1-8H3,(H,45,53)/t27-,28-,29+,31-,32+,33+,34-,36-,42+,43-,44+/m0/s1. The Hall–Kier alpha value is -4.67. The summed E-state index contributed by atoms with van der Waals surface area (Å²) in [5.74, 6) is -5.36. The molecule has 4 aliphatic rings. The molecule has 0 aromatic heterocycles. The third-order valence-electron chi connectivity index (χ3n) is 13.4. The minimum Gasteiger partial charge on any atom is -0.456 e. The maximum atomic E-state index is 15.0. The Morgan fingerprint density at radius 3 is 2.15 bits per heavy atom. The molecule has 2 bridgehead atoms. The first-order chi connectivity index (χ1) is 27.6. The fourth-order valence-corrected chi connectivity index (χ4v) is 9.60. The molecule has 0 unspecified atom stereocenters. The lowest BCUT2D eigenvalue weighted by Crippen LogP contribution is -2.81. The minimum atomic E-state index is -2.35. The SMILES string of the molecule is CCC(C)(C)OC(=O)N[C@@H](c1ccccc1)[C@@H](O)C(=O)O[C@H]1C[C@@]2(O)[C@@H](OC(=O)c3ccccc3)[C@@H]3[C@]4(OC(C)=O)CO[C@@H]4C[C@H](O)[C@@]3(C)C(=O)[C@H](O)C(=C1C)C2(C)C. The van der Waals surface area contributed by atoms with Crippen molar-refractivity contribution in [3.63, 3.8) is 0 Å². The Balaban J connectivity index is 1.48. The van der Waals surface area contributed by atoms with Gasteiger partial charge in [0.25, 0.3) is 0 Å². The predicted molar refractivity (Wildman–Crippen MR) is 208 cm³/mol. The van der Waals surface area contributed by atoms with Crippen LogP contribution in [-0.2, 0) is 38.1 Å². The summed E-state index contributed by atoms with van der Waals surface area (Å²) in [5, 5.41) is 51.7. The van der Waals surface area contributed by atoms with Gasteiger partial charge in [-0.3, -0.25) is 9.59 Å². The van der Waals surface area contributed by atoms with Crippen molar-refractivity contribution in [1.82, 2.24) is 5.32 Å². The van der Waals surface area contributed by atoms with E-state index in [9.17, 15) is 44.4 Å². The molecule has 15 heteroatoms. The number of aliphatic hydroxyl groups excluding tert-OH is 3. The Labute approximate surface area is 343 Å². The van der Waals surface area contributed by atoms with Gasteiger partial charge in [0.1, 0.15) is 35.6 Å². The molecule has 59 heavy (non-hydrogen) atoms. The first kappa shape index (κ1) is 43.9. The third-order valence-corrected chi connectivity index (χ3v) is 13.4. The molecule has 5 N–H and O–H groups in total. The fourth-order valence-electron chi connectivity index (χ4n) is 9.60. The van der Waals surface area contributed by atoms with Crippen LogP contribution in [0.5, 0.6) is 0 Å². The molecule has 3 aliphatic carbocycles. The highest BCUT2D eigenvalue weighted by atomic mass is 16.6. The molecular formula is C44H55NO14. The molecule has 11 atom stereocenters. The Morgan fingerprint density at radius 2 is 1.59 bits per heavy atom. The molecule has 1 saturated heterocycles. The van der Waals surface area contributed by atoms with Gasteiger partial charge in [-0.1, -0.05) is 69.3 Å². The zero-order valence-corrected chi connectivity index (χ0v) is 34.6. The number of aliphatic hydroxyl groups is 4. The second-order valence-corrected chi connectivity index (χ2v) is 17.6. The monoisotopic (exact) mass is 821 g/mol. The normalized spacial score (nSPS) is 33.3. The summed E-state index contributed by atoms with van der Waals surface area (Å²) in [6.07, 6.45) is -11.0. The van der Waals surface area contributed by atoms with Gasteiger partial charge >= 0.3 is 24.0 Å². The highest BCUT2D eigenvalue weighted by molar-refractivity contribution is 5.94. The van der Waals surface area contributed by atoms with Gasteiger partial charge < -0.3 is 49.4 Å². The number of rotatable bonds is 10. The molecule has 320 valence electrons. The van der Waals surface area contributed by atoms with Crippen molar-refractivity contribution in [2.75, 3.05) is 6.61 Å². The Kier molecular flexibility index (Phi) is 11.7. The topological polar surface area (TPSA) is 224 Å². The predicted octanol–water partition coefficient (Wildman–Crippen LogP) is 3.65. The fraction of sp³-hybridized carbons (Fsp3) is 0.568. The van der Waals surface area contributed by atoms with Gasteiger partial charge in [0.05, 0.1) is 35.6 Å². The van der Waals surface area contributed by atoms with Crippen LogP contribution < -0.4 is 5.32 Å². The second kappa shape index (κ2) is 15.7. The summed E-state index contributed by atoms with van der Waals surface area (Å²) >= 11 is 0. The summed E-state index contributed by atoms with van der Waals surface area (Å²) in [6, 6.07) is 14.7. The highest BCUT2D eigenvalue weighted by Crippen LogP contribution is 2.64. The van der Waals surface area contributed by atoms with Gasteiger partial charge in [0.15, 0.2) is 17.5 Å². The van der Waals surface area contributed by atoms with E-state index in [1.54, 1.807) is 76.2 Å². The molecular weight excluding hydrogens is 766 g/mol. The van der Waals surface area contributed by atoms with Crippen LogP contribution in [0.25, 0.3) is 0 Å². The number of alkyl carbamates (subject to hydrolysis) is 1. The molecule has 15 nitrogen and oxygen atoms in total. The number of ketones is 1. The molecule has 1 amide bonds. The van der Waals surface area contributed by atoms with Crippen molar-refractivity contribution in [3.8, 4) is 0 Å². The molecule has 1 heterocycles. The first-order valence-electron chi connectivity index (χ1n) is 19.9. The number of benzene rings is 2. The van der Waals surface area contributed by atoms with Crippen molar-refractivity contribution >= 4 is 29.8 Å². The maximum Gasteiger partial charge on any atom is 0.408 e. The molecule has 2 aromatic rings. The van der Waals surface area contributed by atoms with E-state index < -0.39 is 112 Å². The molecule has 1 aliphatic heterocycles. The quantitative estimate of drug-likeness (QED) is 0.131. The largest absolute Gasteiger partial charge is 0.456 e. The lowest BCUT2D eigenvalue weighted by atomic mass is 9.44. The van der Waals surface area contributed by atoms with E-state index >= 15 is 0 Å². The van der Waals surface area contributed by atoms with Gasteiger partial charge in [0.2, 0.25) is 0 Å². The van der Waals surface area contributed by atoms with Crippen LogP contribution in [0.15, 0.2) is 71.8 Å². The number of carbonyl (C=O) groups is 5. The van der Waals surface area contributed by atoms with E-state index in [0.717, 1.165) is 6.92 Å². The van der Waals surface area contributed by atoms with Gasteiger partial charge in [-0.25, -0.2) is 14.4 Å². The Bertz CT molecular complexity index is 2000.